The van der Waals surface area contributed by atoms with E-state index in [1.165, 1.54) is 29.2 Å². The third-order valence-corrected chi connectivity index (χ3v) is 3.13. The Morgan fingerprint density at radius 2 is 1.82 bits per heavy atom. The van der Waals surface area contributed by atoms with Gasteiger partial charge in [0.1, 0.15) is 0 Å². The van der Waals surface area contributed by atoms with Gasteiger partial charge in [-0.1, -0.05) is 43.7 Å². The summed E-state index contributed by atoms with van der Waals surface area (Å²) in [6.45, 7) is 3.82. The summed E-state index contributed by atoms with van der Waals surface area (Å²) in [6, 6.07) is 12.5. The lowest BCUT2D eigenvalue weighted by Gasteiger charge is -2.04. The van der Waals surface area contributed by atoms with Crippen molar-refractivity contribution in [2.45, 2.75) is 33.1 Å². The molecular formula is C16H18O. The number of hydrogen-bond acceptors (Lipinski definition) is 1. The van der Waals surface area contributed by atoms with Crippen LogP contribution >= 0.6 is 0 Å². The lowest BCUT2D eigenvalue weighted by atomic mass is 10.0. The van der Waals surface area contributed by atoms with Gasteiger partial charge in [-0.15, -0.1) is 0 Å². The zero-order valence-corrected chi connectivity index (χ0v) is 10.5. The van der Waals surface area contributed by atoms with E-state index in [2.05, 4.69) is 25.1 Å². The summed E-state index contributed by atoms with van der Waals surface area (Å²) >= 11 is 0. The first-order chi connectivity index (χ1) is 8.20. The first kappa shape index (κ1) is 11.8. The molecule has 0 atom stereocenters. The van der Waals surface area contributed by atoms with Crippen molar-refractivity contribution in [3.8, 4) is 0 Å². The number of benzene rings is 2. The van der Waals surface area contributed by atoms with E-state index in [4.69, 9.17) is 0 Å². The molecule has 0 aliphatic rings. The van der Waals surface area contributed by atoms with E-state index in [-0.39, 0.29) is 5.78 Å². The van der Waals surface area contributed by atoms with Crippen molar-refractivity contribution in [3.05, 3.63) is 47.5 Å². The Morgan fingerprint density at radius 3 is 2.53 bits per heavy atom. The molecule has 0 saturated heterocycles. The molecule has 88 valence electrons. The lowest BCUT2D eigenvalue weighted by Crippen LogP contribution is -1.91. The predicted molar refractivity (Wildman–Crippen MR) is 72.6 cm³/mol. The summed E-state index contributed by atoms with van der Waals surface area (Å²) in [5.74, 6) is 0.130. The number of unbranched alkanes of at least 4 members (excludes halogenated alkanes) is 1. The molecule has 0 saturated carbocycles. The number of ketones is 1. The van der Waals surface area contributed by atoms with Crippen molar-refractivity contribution in [1.82, 2.24) is 0 Å². The molecule has 2 rings (SSSR count). The summed E-state index contributed by atoms with van der Waals surface area (Å²) in [5, 5.41) is 2.38. The first-order valence-electron chi connectivity index (χ1n) is 6.24. The van der Waals surface area contributed by atoms with Crippen LogP contribution in [0.4, 0.5) is 0 Å². The zero-order valence-electron chi connectivity index (χ0n) is 10.5. The second-order valence-corrected chi connectivity index (χ2v) is 4.56. The number of rotatable bonds is 4. The summed E-state index contributed by atoms with van der Waals surface area (Å²) in [6.07, 6.45) is 3.56. The molecule has 2 aromatic rings. The van der Waals surface area contributed by atoms with Gasteiger partial charge in [0.2, 0.25) is 0 Å². The molecule has 0 fully saturated rings. The highest BCUT2D eigenvalue weighted by atomic mass is 16.1. The van der Waals surface area contributed by atoms with Gasteiger partial charge in [0.25, 0.3) is 0 Å². The molecule has 1 nitrogen and oxygen atoms in total. The van der Waals surface area contributed by atoms with Crippen LogP contribution in [0.15, 0.2) is 36.4 Å². The van der Waals surface area contributed by atoms with Crippen LogP contribution in [0.1, 0.15) is 42.6 Å². The molecule has 0 bridgehead atoms. The average Bonchev–Trinajstić information content (AvgIpc) is 2.35. The van der Waals surface area contributed by atoms with Crippen molar-refractivity contribution in [3.63, 3.8) is 0 Å². The number of carbonyl (C=O) groups is 1. The fraction of sp³-hybridized carbons (Fsp3) is 0.312. The summed E-state index contributed by atoms with van der Waals surface area (Å²) < 4.78 is 0. The summed E-state index contributed by atoms with van der Waals surface area (Å²) in [5.41, 5.74) is 2.16. The van der Waals surface area contributed by atoms with Gasteiger partial charge >= 0.3 is 0 Å². The van der Waals surface area contributed by atoms with Gasteiger partial charge in [-0.25, -0.2) is 0 Å². The molecule has 1 heteroatoms. The van der Waals surface area contributed by atoms with Gasteiger partial charge in [0, 0.05) is 5.56 Å². The Labute approximate surface area is 102 Å². The maximum atomic E-state index is 11.3. The van der Waals surface area contributed by atoms with Gasteiger partial charge in [0.15, 0.2) is 5.78 Å². The Hall–Kier alpha value is -1.63. The van der Waals surface area contributed by atoms with Crippen LogP contribution in [-0.2, 0) is 6.42 Å². The molecule has 17 heavy (non-hydrogen) atoms. The zero-order chi connectivity index (χ0) is 12.3. The molecule has 0 aliphatic heterocycles. The van der Waals surface area contributed by atoms with Crippen LogP contribution in [-0.4, -0.2) is 5.78 Å². The number of aryl methyl sites for hydroxylation is 1. The molecule has 0 radical (unpaired) electrons. The van der Waals surface area contributed by atoms with Crippen LogP contribution in [0.2, 0.25) is 0 Å². The van der Waals surface area contributed by atoms with E-state index >= 15 is 0 Å². The van der Waals surface area contributed by atoms with Gasteiger partial charge in [-0.3, -0.25) is 4.79 Å². The van der Waals surface area contributed by atoms with Crippen LogP contribution < -0.4 is 0 Å². The molecule has 0 spiro atoms. The quantitative estimate of drug-likeness (QED) is 0.707. The molecule has 0 unspecified atom stereocenters. The molecule has 2 aromatic carbocycles. The summed E-state index contributed by atoms with van der Waals surface area (Å²) in [7, 11) is 0. The van der Waals surface area contributed by atoms with Crippen molar-refractivity contribution >= 4 is 16.6 Å². The van der Waals surface area contributed by atoms with Crippen molar-refractivity contribution in [2.24, 2.45) is 0 Å². The van der Waals surface area contributed by atoms with E-state index in [9.17, 15) is 4.79 Å². The topological polar surface area (TPSA) is 17.1 Å². The highest BCUT2D eigenvalue weighted by Gasteiger charge is 2.01. The number of fused-ring (bicyclic) bond motifs is 1. The van der Waals surface area contributed by atoms with E-state index in [0.717, 1.165) is 12.0 Å². The normalized spacial score (nSPS) is 10.7. The van der Waals surface area contributed by atoms with E-state index in [1.54, 1.807) is 6.92 Å². The summed E-state index contributed by atoms with van der Waals surface area (Å²) in [4.78, 5) is 11.3. The molecular weight excluding hydrogens is 208 g/mol. The number of Topliss-reactive ketones (excluding diaryl/α,β-unsaturated/α-hetero) is 1. The highest BCUT2D eigenvalue weighted by molar-refractivity contribution is 5.98. The Morgan fingerprint density at radius 1 is 1.06 bits per heavy atom. The van der Waals surface area contributed by atoms with Crippen LogP contribution in [0, 0.1) is 0 Å². The fourth-order valence-corrected chi connectivity index (χ4v) is 2.05. The van der Waals surface area contributed by atoms with Gasteiger partial charge in [0.05, 0.1) is 0 Å². The van der Waals surface area contributed by atoms with Crippen LogP contribution in [0.25, 0.3) is 10.8 Å². The van der Waals surface area contributed by atoms with Crippen molar-refractivity contribution in [2.75, 3.05) is 0 Å². The first-order valence-corrected chi connectivity index (χ1v) is 6.24. The third kappa shape index (κ3) is 2.73. The minimum absolute atomic E-state index is 0.130. The maximum Gasteiger partial charge on any atom is 0.159 e. The SMILES string of the molecule is CCCCc1ccc2ccc(C(C)=O)cc2c1. The van der Waals surface area contributed by atoms with Crippen LogP contribution in [0.3, 0.4) is 0 Å². The fourth-order valence-electron chi connectivity index (χ4n) is 2.05. The van der Waals surface area contributed by atoms with Gasteiger partial charge in [-0.2, -0.15) is 0 Å². The van der Waals surface area contributed by atoms with Crippen LogP contribution in [0.5, 0.6) is 0 Å². The Kier molecular flexibility index (Phi) is 3.58. The van der Waals surface area contributed by atoms with Crippen molar-refractivity contribution < 1.29 is 4.79 Å². The minimum atomic E-state index is 0.130. The second-order valence-electron chi connectivity index (χ2n) is 4.56. The minimum Gasteiger partial charge on any atom is -0.295 e. The Balaban J connectivity index is 2.39. The third-order valence-electron chi connectivity index (χ3n) is 3.13. The average molecular weight is 226 g/mol. The second kappa shape index (κ2) is 5.13. The number of carbonyl (C=O) groups excluding carboxylic acids is 1. The largest absolute Gasteiger partial charge is 0.295 e. The molecule has 0 aliphatic carbocycles. The molecule has 0 N–H and O–H groups in total. The Bertz CT molecular complexity index is 540. The standard InChI is InChI=1S/C16H18O/c1-3-4-5-13-6-7-14-8-9-15(12(2)17)11-16(14)10-13/h6-11H,3-5H2,1-2H3. The van der Waals surface area contributed by atoms with E-state index in [0.29, 0.717) is 0 Å². The van der Waals surface area contributed by atoms with E-state index < -0.39 is 0 Å². The smallest absolute Gasteiger partial charge is 0.159 e. The molecule has 0 heterocycles. The lowest BCUT2D eigenvalue weighted by molar-refractivity contribution is 0.101. The number of hydrogen-bond donors (Lipinski definition) is 0. The molecule has 0 amide bonds. The van der Waals surface area contributed by atoms with Gasteiger partial charge < -0.3 is 0 Å². The maximum absolute atomic E-state index is 11.3. The van der Waals surface area contributed by atoms with Crippen molar-refractivity contribution in [1.29, 1.82) is 0 Å². The van der Waals surface area contributed by atoms with E-state index in [1.807, 2.05) is 18.2 Å². The van der Waals surface area contributed by atoms with Gasteiger partial charge in [-0.05, 0) is 42.2 Å². The monoisotopic (exact) mass is 226 g/mol. The predicted octanol–water partition coefficient (Wildman–Crippen LogP) is 4.39. The highest BCUT2D eigenvalue weighted by Crippen LogP contribution is 2.19. The molecule has 0 aromatic heterocycles.